The highest BCUT2D eigenvalue weighted by molar-refractivity contribution is 7.98. The van der Waals surface area contributed by atoms with Crippen molar-refractivity contribution in [1.29, 1.82) is 0 Å². The second-order valence-electron chi connectivity index (χ2n) is 3.74. The van der Waals surface area contributed by atoms with Crippen molar-refractivity contribution in [2.24, 2.45) is 0 Å². The Balaban J connectivity index is 2.42. The molecule has 0 radical (unpaired) electrons. The Labute approximate surface area is 102 Å². The fourth-order valence-corrected chi connectivity index (χ4v) is 2.29. The number of hydrogen-bond acceptors (Lipinski definition) is 1. The van der Waals surface area contributed by atoms with Crippen molar-refractivity contribution in [3.8, 4) is 11.1 Å². The van der Waals surface area contributed by atoms with Gasteiger partial charge in [0.15, 0.2) is 0 Å². The third kappa shape index (κ3) is 2.30. The first-order valence-corrected chi connectivity index (χ1v) is 6.80. The highest BCUT2D eigenvalue weighted by Crippen LogP contribution is 2.26. The molecule has 0 aromatic heterocycles. The van der Waals surface area contributed by atoms with E-state index in [1.165, 1.54) is 21.6 Å². The predicted molar refractivity (Wildman–Crippen MR) is 73.0 cm³/mol. The Morgan fingerprint density at radius 2 is 1.62 bits per heavy atom. The number of rotatable bonds is 3. The van der Waals surface area contributed by atoms with Crippen molar-refractivity contribution in [3.05, 3.63) is 54.1 Å². The van der Waals surface area contributed by atoms with Crippen molar-refractivity contribution in [2.75, 3.05) is 6.26 Å². The molecule has 82 valence electrons. The first-order chi connectivity index (χ1) is 7.85. The quantitative estimate of drug-likeness (QED) is 0.690. The van der Waals surface area contributed by atoms with Gasteiger partial charge in [-0.1, -0.05) is 43.3 Å². The third-order valence-electron chi connectivity index (χ3n) is 2.80. The van der Waals surface area contributed by atoms with E-state index in [0.29, 0.717) is 0 Å². The molecule has 0 amide bonds. The first-order valence-electron chi connectivity index (χ1n) is 5.57. The molecule has 0 aliphatic carbocycles. The monoisotopic (exact) mass is 228 g/mol. The summed E-state index contributed by atoms with van der Waals surface area (Å²) >= 11 is 1.78. The van der Waals surface area contributed by atoms with E-state index in [1.54, 1.807) is 11.8 Å². The van der Waals surface area contributed by atoms with E-state index in [1.807, 2.05) is 0 Å². The predicted octanol–water partition coefficient (Wildman–Crippen LogP) is 4.64. The Bertz CT molecular complexity index is 457. The summed E-state index contributed by atoms with van der Waals surface area (Å²) in [6, 6.07) is 17.4. The van der Waals surface area contributed by atoms with Crippen LogP contribution in [0.4, 0.5) is 0 Å². The molecule has 0 atom stereocenters. The molecule has 2 rings (SSSR count). The average molecular weight is 228 g/mol. The van der Waals surface area contributed by atoms with Crippen LogP contribution in [0.3, 0.4) is 0 Å². The molecule has 0 aliphatic heterocycles. The van der Waals surface area contributed by atoms with Gasteiger partial charge >= 0.3 is 0 Å². The van der Waals surface area contributed by atoms with Crippen molar-refractivity contribution >= 4 is 11.8 Å². The van der Waals surface area contributed by atoms with Crippen LogP contribution < -0.4 is 0 Å². The zero-order chi connectivity index (χ0) is 11.4. The Morgan fingerprint density at radius 3 is 2.25 bits per heavy atom. The normalized spacial score (nSPS) is 10.4. The molecule has 2 aromatic carbocycles. The van der Waals surface area contributed by atoms with Gasteiger partial charge in [0.1, 0.15) is 0 Å². The van der Waals surface area contributed by atoms with Gasteiger partial charge in [-0.2, -0.15) is 0 Å². The molecule has 0 spiro atoms. The topological polar surface area (TPSA) is 0 Å². The summed E-state index contributed by atoms with van der Waals surface area (Å²) < 4.78 is 0. The maximum atomic E-state index is 2.21. The summed E-state index contributed by atoms with van der Waals surface area (Å²) in [6.07, 6.45) is 3.19. The number of aryl methyl sites for hydroxylation is 1. The van der Waals surface area contributed by atoms with Gasteiger partial charge in [0.25, 0.3) is 0 Å². The van der Waals surface area contributed by atoms with Gasteiger partial charge in [-0.25, -0.2) is 0 Å². The summed E-state index contributed by atoms with van der Waals surface area (Å²) in [6.45, 7) is 2.20. The highest BCUT2D eigenvalue weighted by Gasteiger charge is 2.02. The minimum absolute atomic E-state index is 1.08. The number of thioether (sulfide) groups is 1. The summed E-state index contributed by atoms with van der Waals surface area (Å²) in [7, 11) is 0. The van der Waals surface area contributed by atoms with Crippen LogP contribution in [-0.2, 0) is 6.42 Å². The largest absolute Gasteiger partial charge is 0.130 e. The van der Waals surface area contributed by atoms with E-state index in [9.17, 15) is 0 Å². The fraction of sp³-hybridized carbons (Fsp3) is 0.200. The number of benzene rings is 2. The molecule has 2 aromatic rings. The van der Waals surface area contributed by atoms with Crippen LogP contribution >= 0.6 is 11.8 Å². The third-order valence-corrected chi connectivity index (χ3v) is 3.54. The van der Waals surface area contributed by atoms with Crippen LogP contribution in [0.5, 0.6) is 0 Å². The molecule has 0 nitrogen and oxygen atoms in total. The Hall–Kier alpha value is -1.21. The van der Waals surface area contributed by atoms with Crippen LogP contribution in [0.15, 0.2) is 53.4 Å². The molecular formula is C15H16S. The molecular weight excluding hydrogens is 212 g/mol. The van der Waals surface area contributed by atoms with Gasteiger partial charge in [0.2, 0.25) is 0 Å². The molecule has 0 saturated carbocycles. The van der Waals surface area contributed by atoms with E-state index in [-0.39, 0.29) is 0 Å². The second kappa shape index (κ2) is 5.22. The van der Waals surface area contributed by atoms with Crippen LogP contribution in [-0.4, -0.2) is 6.26 Å². The summed E-state index contributed by atoms with van der Waals surface area (Å²) in [5.74, 6) is 0. The zero-order valence-corrected chi connectivity index (χ0v) is 10.6. The minimum atomic E-state index is 1.08. The molecule has 0 fully saturated rings. The molecule has 0 saturated heterocycles. The molecule has 16 heavy (non-hydrogen) atoms. The summed E-state index contributed by atoms with van der Waals surface area (Å²) in [4.78, 5) is 1.32. The molecule has 0 aliphatic rings. The first kappa shape index (κ1) is 11.3. The van der Waals surface area contributed by atoms with Gasteiger partial charge in [-0.15, -0.1) is 11.8 Å². The van der Waals surface area contributed by atoms with Gasteiger partial charge < -0.3 is 0 Å². The van der Waals surface area contributed by atoms with Crippen LogP contribution in [0.25, 0.3) is 11.1 Å². The van der Waals surface area contributed by atoms with Crippen molar-refractivity contribution in [3.63, 3.8) is 0 Å². The SMILES string of the molecule is CCc1ccccc1-c1ccc(SC)cc1. The lowest BCUT2D eigenvalue weighted by Gasteiger charge is -2.08. The fourth-order valence-electron chi connectivity index (χ4n) is 1.88. The lowest BCUT2D eigenvalue weighted by Crippen LogP contribution is -1.86. The maximum absolute atomic E-state index is 2.21. The van der Waals surface area contributed by atoms with E-state index >= 15 is 0 Å². The van der Waals surface area contributed by atoms with E-state index in [0.717, 1.165) is 6.42 Å². The molecule has 1 heteroatoms. The minimum Gasteiger partial charge on any atom is -0.130 e. The van der Waals surface area contributed by atoms with Crippen LogP contribution in [0.2, 0.25) is 0 Å². The van der Waals surface area contributed by atoms with Gasteiger partial charge in [0, 0.05) is 4.90 Å². The van der Waals surface area contributed by atoms with Gasteiger partial charge in [0.05, 0.1) is 0 Å². The second-order valence-corrected chi connectivity index (χ2v) is 4.62. The van der Waals surface area contributed by atoms with E-state index in [4.69, 9.17) is 0 Å². The van der Waals surface area contributed by atoms with Gasteiger partial charge in [-0.05, 0) is 41.5 Å². The molecule has 0 N–H and O–H groups in total. The van der Waals surface area contributed by atoms with Crippen molar-refractivity contribution < 1.29 is 0 Å². The Kier molecular flexibility index (Phi) is 3.68. The summed E-state index contributed by atoms with van der Waals surface area (Å²) in [5.41, 5.74) is 4.09. The van der Waals surface area contributed by atoms with Crippen LogP contribution in [0.1, 0.15) is 12.5 Å². The number of hydrogen-bond donors (Lipinski definition) is 0. The lowest BCUT2D eigenvalue weighted by molar-refractivity contribution is 1.14. The average Bonchev–Trinajstić information content (AvgIpc) is 2.39. The van der Waals surface area contributed by atoms with Crippen molar-refractivity contribution in [2.45, 2.75) is 18.2 Å². The van der Waals surface area contributed by atoms with Crippen molar-refractivity contribution in [1.82, 2.24) is 0 Å². The molecule has 0 heterocycles. The maximum Gasteiger partial charge on any atom is 0.00695 e. The highest BCUT2D eigenvalue weighted by atomic mass is 32.2. The van der Waals surface area contributed by atoms with Crippen LogP contribution in [0, 0.1) is 0 Å². The molecule has 0 bridgehead atoms. The zero-order valence-electron chi connectivity index (χ0n) is 9.73. The van der Waals surface area contributed by atoms with E-state index < -0.39 is 0 Å². The summed E-state index contributed by atoms with van der Waals surface area (Å²) in [5, 5.41) is 0. The smallest absolute Gasteiger partial charge is 0.00695 e. The Morgan fingerprint density at radius 1 is 0.938 bits per heavy atom. The van der Waals surface area contributed by atoms with Gasteiger partial charge in [-0.3, -0.25) is 0 Å². The standard InChI is InChI=1S/C15H16S/c1-3-12-6-4-5-7-15(12)13-8-10-14(16-2)11-9-13/h4-11H,3H2,1-2H3. The van der Waals surface area contributed by atoms with E-state index in [2.05, 4.69) is 61.7 Å². The lowest BCUT2D eigenvalue weighted by atomic mass is 9.98. The molecule has 0 unspecified atom stereocenters.